The van der Waals surface area contributed by atoms with E-state index in [1.165, 1.54) is 20.0 Å². The minimum atomic E-state index is -0.864. The molecule has 3 aliphatic rings. The van der Waals surface area contributed by atoms with Gasteiger partial charge in [0.15, 0.2) is 0 Å². The highest BCUT2D eigenvalue weighted by atomic mass is 16.5. The van der Waals surface area contributed by atoms with Crippen molar-refractivity contribution in [2.24, 2.45) is 0 Å². The van der Waals surface area contributed by atoms with E-state index in [1.807, 2.05) is 47.6 Å². The molecule has 0 aliphatic carbocycles. The summed E-state index contributed by atoms with van der Waals surface area (Å²) in [5.74, 6) is 1.59. The number of aromatic nitrogens is 4. The Morgan fingerprint density at radius 1 is 0.704 bits per heavy atom. The van der Waals surface area contributed by atoms with Crippen molar-refractivity contribution in [3.63, 3.8) is 0 Å². The number of likely N-dealkylation sites (tertiary alicyclic amines) is 3. The number of carbonyl (C=O) groups is 3. The van der Waals surface area contributed by atoms with E-state index in [0.29, 0.717) is 18.7 Å². The Morgan fingerprint density at radius 2 is 1.22 bits per heavy atom. The highest BCUT2D eigenvalue weighted by Gasteiger charge is 2.37. The molecule has 0 bridgehead atoms. The van der Waals surface area contributed by atoms with E-state index in [4.69, 9.17) is 14.7 Å². The van der Waals surface area contributed by atoms with Gasteiger partial charge in [-0.2, -0.15) is 0 Å². The molecule has 12 nitrogen and oxygen atoms in total. The fourth-order valence-corrected chi connectivity index (χ4v) is 8.15. The summed E-state index contributed by atoms with van der Waals surface area (Å²) in [5, 5.41) is 2.72. The minimum Gasteiger partial charge on any atom is -0.453 e. The smallest absolute Gasteiger partial charge is 0.407 e. The number of alkyl carbamates (subject to hydrolysis) is 1. The number of nitrogens with one attached hydrogen (secondary N) is 3. The molecule has 0 radical (unpaired) electrons. The third-order valence-corrected chi connectivity index (χ3v) is 11.0. The second-order valence-electron chi connectivity index (χ2n) is 14.4. The fraction of sp³-hybridized carbons (Fsp3) is 0.357. The van der Waals surface area contributed by atoms with Gasteiger partial charge in [-0.1, -0.05) is 78.9 Å². The van der Waals surface area contributed by atoms with Gasteiger partial charge in [-0.25, -0.2) is 14.8 Å². The van der Waals surface area contributed by atoms with Crippen molar-refractivity contribution in [2.75, 3.05) is 39.8 Å². The quantitative estimate of drug-likeness (QED) is 0.146. The first kappa shape index (κ1) is 35.3. The summed E-state index contributed by atoms with van der Waals surface area (Å²) in [5.41, 5.74) is 6.72. The van der Waals surface area contributed by atoms with Crippen LogP contribution in [0.2, 0.25) is 0 Å². The summed E-state index contributed by atoms with van der Waals surface area (Å²) < 4.78 is 4.83. The van der Waals surface area contributed by atoms with E-state index < -0.39 is 12.1 Å². The number of hydrogen-bond acceptors (Lipinski definition) is 7. The predicted octanol–water partition coefficient (Wildman–Crippen LogP) is 6.65. The highest BCUT2D eigenvalue weighted by molar-refractivity contribution is 5.87. The molecule has 5 aromatic rings. The molecule has 3 fully saturated rings. The lowest BCUT2D eigenvalue weighted by atomic mass is 10.0. The largest absolute Gasteiger partial charge is 0.453 e. The number of nitrogens with zero attached hydrogens (tertiary/aromatic N) is 5. The van der Waals surface area contributed by atoms with Gasteiger partial charge >= 0.3 is 6.09 Å². The van der Waals surface area contributed by atoms with Gasteiger partial charge in [0.2, 0.25) is 5.91 Å². The maximum Gasteiger partial charge on any atom is 0.407 e. The van der Waals surface area contributed by atoms with E-state index in [1.54, 1.807) is 4.90 Å². The van der Waals surface area contributed by atoms with Crippen LogP contribution in [0.25, 0.3) is 33.6 Å². The van der Waals surface area contributed by atoms with Gasteiger partial charge in [-0.05, 0) is 79.4 Å². The molecule has 3 amide bonds. The number of H-pyrrole nitrogens is 2. The predicted molar refractivity (Wildman–Crippen MR) is 205 cm³/mol. The molecule has 8 rings (SSSR count). The molecule has 0 saturated carbocycles. The van der Waals surface area contributed by atoms with E-state index >= 15 is 0 Å². The minimum absolute atomic E-state index is 0.000449. The first-order valence-electron chi connectivity index (χ1n) is 19.0. The Kier molecular flexibility index (Phi) is 10.3. The lowest BCUT2D eigenvalue weighted by Gasteiger charge is -2.28. The highest BCUT2D eigenvalue weighted by Crippen LogP contribution is 2.35. The van der Waals surface area contributed by atoms with Gasteiger partial charge in [0.1, 0.15) is 17.7 Å². The molecular weight excluding hydrogens is 681 g/mol. The van der Waals surface area contributed by atoms with E-state index in [-0.39, 0.29) is 23.9 Å². The Labute approximate surface area is 314 Å². The maximum atomic E-state index is 13.9. The van der Waals surface area contributed by atoms with Crippen molar-refractivity contribution < 1.29 is 19.1 Å². The SMILES string of the molecule is COC(=O)N[C@@H](C(=O)N1CCC[C@H]1c1ncc(-c2ccc(-c3ccc(-c4cnc([C@@H]5CCCN5C(=O)CN5CCCC5)[nH]4)cc3)cc2)[nH]1)c1ccccc1. The molecule has 3 atom stereocenters. The van der Waals surface area contributed by atoms with Crippen LogP contribution in [0.4, 0.5) is 4.79 Å². The van der Waals surface area contributed by atoms with Crippen molar-refractivity contribution in [3.8, 4) is 33.6 Å². The average Bonchev–Trinajstić information content (AvgIpc) is 4.06. The summed E-state index contributed by atoms with van der Waals surface area (Å²) in [4.78, 5) is 61.7. The zero-order valence-electron chi connectivity index (χ0n) is 30.5. The second-order valence-corrected chi connectivity index (χ2v) is 14.4. The van der Waals surface area contributed by atoms with Crippen molar-refractivity contribution >= 4 is 17.9 Å². The molecule has 278 valence electrons. The average molecular weight is 727 g/mol. The van der Waals surface area contributed by atoms with Crippen molar-refractivity contribution in [1.29, 1.82) is 0 Å². The number of hydrogen-bond donors (Lipinski definition) is 3. The van der Waals surface area contributed by atoms with E-state index in [2.05, 4.69) is 68.7 Å². The number of ether oxygens (including phenoxy) is 1. The van der Waals surface area contributed by atoms with Gasteiger partial charge in [0, 0.05) is 13.1 Å². The third kappa shape index (κ3) is 7.38. The number of amides is 3. The molecule has 3 aliphatic heterocycles. The van der Waals surface area contributed by atoms with Crippen LogP contribution in [-0.4, -0.2) is 92.4 Å². The molecule has 12 heteroatoms. The van der Waals surface area contributed by atoms with E-state index in [9.17, 15) is 14.4 Å². The number of benzene rings is 3. The summed E-state index contributed by atoms with van der Waals surface area (Å²) in [6, 6.07) is 24.9. The fourth-order valence-electron chi connectivity index (χ4n) is 8.15. The van der Waals surface area contributed by atoms with E-state index in [0.717, 1.165) is 90.6 Å². The van der Waals surface area contributed by atoms with Gasteiger partial charge in [-0.3, -0.25) is 14.5 Å². The Morgan fingerprint density at radius 3 is 1.78 bits per heavy atom. The van der Waals surface area contributed by atoms with Crippen LogP contribution in [0, 0.1) is 0 Å². The topological polar surface area (TPSA) is 140 Å². The van der Waals surface area contributed by atoms with Crippen molar-refractivity contribution in [2.45, 2.75) is 56.7 Å². The van der Waals surface area contributed by atoms with Crippen LogP contribution in [0.1, 0.15) is 73.9 Å². The van der Waals surface area contributed by atoms with Crippen LogP contribution < -0.4 is 5.32 Å². The van der Waals surface area contributed by atoms with Gasteiger partial charge in [-0.15, -0.1) is 0 Å². The number of imidazole rings is 2. The monoisotopic (exact) mass is 726 g/mol. The van der Waals surface area contributed by atoms with Crippen LogP contribution in [0.5, 0.6) is 0 Å². The first-order chi connectivity index (χ1) is 26.4. The lowest BCUT2D eigenvalue weighted by molar-refractivity contribution is -0.135. The van der Waals surface area contributed by atoms with Gasteiger partial charge < -0.3 is 29.8 Å². The summed E-state index contributed by atoms with van der Waals surface area (Å²) in [6.07, 6.45) is 8.91. The standard InChI is InChI=1S/C42H46N8O4/c1-54-42(53)47-38(32-9-3-2-4-10-32)41(52)50-24-8-12-36(50)40-44-26-34(46-40)31-19-15-29(16-20-31)28-13-17-30(18-14-28)33-25-43-39(45-33)35-11-7-23-49(35)37(51)27-48-21-5-6-22-48/h2-4,9-10,13-20,25-26,35-36,38H,5-8,11-12,21-24,27H2,1H3,(H,43,45)(H,44,46)(H,47,53)/t35-,36-,38+/m0/s1. The van der Waals surface area contributed by atoms with Crippen LogP contribution in [0.15, 0.2) is 91.3 Å². The molecule has 54 heavy (non-hydrogen) atoms. The lowest BCUT2D eigenvalue weighted by Crippen LogP contribution is -2.42. The summed E-state index contributed by atoms with van der Waals surface area (Å²) >= 11 is 0. The van der Waals surface area contributed by atoms with Crippen LogP contribution in [0.3, 0.4) is 0 Å². The number of rotatable bonds is 10. The first-order valence-corrected chi connectivity index (χ1v) is 19.0. The van der Waals surface area contributed by atoms with Crippen molar-refractivity contribution in [1.82, 2.24) is 40.0 Å². The van der Waals surface area contributed by atoms with Crippen molar-refractivity contribution in [3.05, 3.63) is 108 Å². The molecule has 0 unspecified atom stereocenters. The number of carbonyl (C=O) groups excluding carboxylic acids is 3. The zero-order valence-corrected chi connectivity index (χ0v) is 30.5. The third-order valence-electron chi connectivity index (χ3n) is 11.0. The molecule has 0 spiro atoms. The summed E-state index contributed by atoms with van der Waals surface area (Å²) in [7, 11) is 1.29. The second kappa shape index (κ2) is 15.7. The Balaban J connectivity index is 0.919. The Bertz CT molecular complexity index is 2070. The number of methoxy groups -OCH3 is 1. The van der Waals surface area contributed by atoms with Crippen LogP contribution >= 0.6 is 0 Å². The molecule has 3 aromatic carbocycles. The molecule has 3 saturated heterocycles. The zero-order chi connectivity index (χ0) is 37.0. The summed E-state index contributed by atoms with van der Waals surface area (Å²) in [6.45, 7) is 3.89. The Hall–Kier alpha value is -5.75. The molecule has 5 heterocycles. The molecular formula is C42H46N8O4. The van der Waals surface area contributed by atoms with Crippen LogP contribution in [-0.2, 0) is 14.3 Å². The molecule has 2 aromatic heterocycles. The molecule has 3 N–H and O–H groups in total. The van der Waals surface area contributed by atoms with Gasteiger partial charge in [0.25, 0.3) is 5.91 Å². The number of aromatic amines is 2. The normalized spacial score (nSPS) is 19.3. The van der Waals surface area contributed by atoms with Gasteiger partial charge in [0.05, 0.1) is 49.5 Å². The maximum absolute atomic E-state index is 13.9.